The Kier molecular flexibility index (Phi) is 3.71. The summed E-state index contributed by atoms with van der Waals surface area (Å²) in [4.78, 5) is 25.2. The van der Waals surface area contributed by atoms with Crippen molar-refractivity contribution in [1.29, 1.82) is 0 Å². The number of carbonyl (C=O) groups excluding carboxylic acids is 1. The molecule has 7 heteroatoms. The predicted octanol–water partition coefficient (Wildman–Crippen LogP) is 0.928. The SMILES string of the molecule is O=C(NCCNc1cccnc1[N+](=O)[O-])C1CC1. The molecule has 1 aromatic heterocycles. The van der Waals surface area contributed by atoms with Gasteiger partial charge >= 0.3 is 5.82 Å². The monoisotopic (exact) mass is 250 g/mol. The first-order valence-electron chi connectivity index (χ1n) is 5.79. The van der Waals surface area contributed by atoms with Gasteiger partial charge in [0.2, 0.25) is 5.91 Å². The Bertz CT molecular complexity index is 459. The Morgan fingerprint density at radius 3 is 2.94 bits per heavy atom. The summed E-state index contributed by atoms with van der Waals surface area (Å²) in [6, 6.07) is 3.21. The van der Waals surface area contributed by atoms with E-state index in [-0.39, 0.29) is 17.6 Å². The number of nitrogens with zero attached hydrogens (tertiary/aromatic N) is 2. The quantitative estimate of drug-likeness (QED) is 0.444. The number of hydrogen-bond donors (Lipinski definition) is 2. The highest BCUT2D eigenvalue weighted by atomic mass is 16.6. The molecule has 18 heavy (non-hydrogen) atoms. The van der Waals surface area contributed by atoms with Crippen LogP contribution in [0.5, 0.6) is 0 Å². The number of nitrogens with one attached hydrogen (secondary N) is 2. The smallest absolute Gasteiger partial charge is 0.376 e. The Hall–Kier alpha value is -2.18. The van der Waals surface area contributed by atoms with Crippen LogP contribution in [0.2, 0.25) is 0 Å². The van der Waals surface area contributed by atoms with Gasteiger partial charge in [-0.15, -0.1) is 0 Å². The largest absolute Gasteiger partial charge is 0.386 e. The summed E-state index contributed by atoms with van der Waals surface area (Å²) >= 11 is 0. The molecule has 1 aliphatic carbocycles. The van der Waals surface area contributed by atoms with Crippen LogP contribution in [0.1, 0.15) is 12.8 Å². The Morgan fingerprint density at radius 2 is 2.28 bits per heavy atom. The zero-order valence-corrected chi connectivity index (χ0v) is 9.76. The third-order valence-electron chi connectivity index (χ3n) is 2.65. The summed E-state index contributed by atoms with van der Waals surface area (Å²) in [6.45, 7) is 0.881. The predicted molar refractivity (Wildman–Crippen MR) is 65.1 cm³/mol. The van der Waals surface area contributed by atoms with Crippen LogP contribution in [-0.2, 0) is 4.79 Å². The molecule has 0 atom stereocenters. The van der Waals surface area contributed by atoms with Gasteiger partial charge in [-0.3, -0.25) is 4.79 Å². The maximum atomic E-state index is 11.3. The minimum atomic E-state index is -0.537. The van der Waals surface area contributed by atoms with Crippen LogP contribution in [0.25, 0.3) is 0 Å². The van der Waals surface area contributed by atoms with Crippen LogP contribution in [0.15, 0.2) is 18.3 Å². The van der Waals surface area contributed by atoms with Gasteiger partial charge in [-0.2, -0.15) is 0 Å². The normalized spacial score (nSPS) is 14.0. The molecule has 1 fully saturated rings. The lowest BCUT2D eigenvalue weighted by atomic mass is 10.3. The first-order valence-corrected chi connectivity index (χ1v) is 5.79. The average molecular weight is 250 g/mol. The molecular formula is C11H14N4O3. The average Bonchev–Trinajstić information content (AvgIpc) is 3.19. The van der Waals surface area contributed by atoms with Gasteiger partial charge in [0.1, 0.15) is 11.9 Å². The zero-order valence-electron chi connectivity index (χ0n) is 9.76. The standard InChI is InChI=1S/C11H14N4O3/c16-11(8-3-4-8)14-7-6-12-9-2-1-5-13-10(9)15(17)18/h1-2,5,8,12H,3-4,6-7H2,(H,14,16). The third-order valence-corrected chi connectivity index (χ3v) is 2.65. The first-order chi connectivity index (χ1) is 8.68. The molecule has 2 rings (SSSR count). The van der Waals surface area contributed by atoms with Crippen molar-refractivity contribution in [2.45, 2.75) is 12.8 Å². The molecule has 1 amide bonds. The molecule has 1 heterocycles. The zero-order chi connectivity index (χ0) is 13.0. The summed E-state index contributed by atoms with van der Waals surface area (Å²) in [6.07, 6.45) is 3.30. The highest BCUT2D eigenvalue weighted by molar-refractivity contribution is 5.80. The molecule has 96 valence electrons. The van der Waals surface area contributed by atoms with Gasteiger partial charge in [0.05, 0.1) is 0 Å². The summed E-state index contributed by atoms with van der Waals surface area (Å²) in [5.74, 6) is 0.0428. The lowest BCUT2D eigenvalue weighted by Crippen LogP contribution is -2.29. The van der Waals surface area contributed by atoms with Gasteiger partial charge < -0.3 is 20.7 Å². The van der Waals surface area contributed by atoms with Crippen molar-refractivity contribution in [1.82, 2.24) is 10.3 Å². The molecule has 0 radical (unpaired) electrons. The second-order valence-electron chi connectivity index (χ2n) is 4.12. The van der Waals surface area contributed by atoms with E-state index < -0.39 is 4.92 Å². The maximum absolute atomic E-state index is 11.3. The topological polar surface area (TPSA) is 97.2 Å². The molecule has 0 saturated heterocycles. The van der Waals surface area contributed by atoms with Crippen LogP contribution in [0.3, 0.4) is 0 Å². The molecule has 0 spiro atoms. The van der Waals surface area contributed by atoms with Crippen molar-refractivity contribution < 1.29 is 9.72 Å². The summed E-state index contributed by atoms with van der Waals surface area (Å²) < 4.78 is 0. The van der Waals surface area contributed by atoms with Crippen LogP contribution < -0.4 is 10.6 Å². The van der Waals surface area contributed by atoms with E-state index in [4.69, 9.17) is 0 Å². The first kappa shape index (κ1) is 12.3. The number of pyridine rings is 1. The van der Waals surface area contributed by atoms with Crippen LogP contribution in [-0.4, -0.2) is 28.9 Å². The highest BCUT2D eigenvalue weighted by Crippen LogP contribution is 2.28. The molecule has 0 unspecified atom stereocenters. The summed E-state index contributed by atoms with van der Waals surface area (Å²) in [7, 11) is 0. The lowest BCUT2D eigenvalue weighted by molar-refractivity contribution is -0.388. The van der Waals surface area contributed by atoms with Crippen LogP contribution in [0.4, 0.5) is 11.5 Å². The fourth-order valence-corrected chi connectivity index (χ4v) is 1.55. The van der Waals surface area contributed by atoms with Crippen molar-refractivity contribution >= 4 is 17.4 Å². The van der Waals surface area contributed by atoms with E-state index in [0.717, 1.165) is 12.8 Å². The van der Waals surface area contributed by atoms with E-state index in [1.54, 1.807) is 12.1 Å². The van der Waals surface area contributed by atoms with E-state index in [1.165, 1.54) is 6.20 Å². The molecule has 7 nitrogen and oxygen atoms in total. The number of carbonyl (C=O) groups is 1. The fraction of sp³-hybridized carbons (Fsp3) is 0.455. The summed E-state index contributed by atoms with van der Waals surface area (Å²) in [5.41, 5.74) is 0.364. The molecule has 0 aliphatic heterocycles. The molecule has 1 saturated carbocycles. The van der Waals surface area contributed by atoms with Crippen LogP contribution >= 0.6 is 0 Å². The number of anilines is 1. The van der Waals surface area contributed by atoms with Gasteiger partial charge in [-0.1, -0.05) is 0 Å². The number of hydrogen-bond acceptors (Lipinski definition) is 5. The van der Waals surface area contributed by atoms with E-state index in [2.05, 4.69) is 15.6 Å². The second-order valence-corrected chi connectivity index (χ2v) is 4.12. The highest BCUT2D eigenvalue weighted by Gasteiger charge is 2.28. The number of aromatic nitrogens is 1. The number of rotatable bonds is 6. The summed E-state index contributed by atoms with van der Waals surface area (Å²) in [5, 5.41) is 16.4. The molecule has 1 aromatic rings. The van der Waals surface area contributed by atoms with Crippen molar-refractivity contribution in [3.8, 4) is 0 Å². The minimum Gasteiger partial charge on any atom is -0.376 e. The van der Waals surface area contributed by atoms with E-state index >= 15 is 0 Å². The number of amides is 1. The van der Waals surface area contributed by atoms with E-state index in [9.17, 15) is 14.9 Å². The van der Waals surface area contributed by atoms with Crippen molar-refractivity contribution in [3.05, 3.63) is 28.4 Å². The van der Waals surface area contributed by atoms with Crippen molar-refractivity contribution in [2.24, 2.45) is 5.92 Å². The second kappa shape index (κ2) is 5.44. The van der Waals surface area contributed by atoms with Gasteiger partial charge in [-0.25, -0.2) is 0 Å². The van der Waals surface area contributed by atoms with Gasteiger partial charge in [0, 0.05) is 19.0 Å². The Balaban J connectivity index is 1.79. The molecule has 2 N–H and O–H groups in total. The van der Waals surface area contributed by atoms with Crippen LogP contribution in [0, 0.1) is 16.0 Å². The molecular weight excluding hydrogens is 236 g/mol. The maximum Gasteiger partial charge on any atom is 0.386 e. The molecule has 0 bridgehead atoms. The van der Waals surface area contributed by atoms with Crippen molar-refractivity contribution in [2.75, 3.05) is 18.4 Å². The van der Waals surface area contributed by atoms with Crippen molar-refractivity contribution in [3.63, 3.8) is 0 Å². The lowest BCUT2D eigenvalue weighted by Gasteiger charge is -2.07. The third kappa shape index (κ3) is 3.16. The van der Waals surface area contributed by atoms with E-state index in [0.29, 0.717) is 18.8 Å². The minimum absolute atomic E-state index is 0.0671. The van der Waals surface area contributed by atoms with Gasteiger partial charge in [0.25, 0.3) is 0 Å². The Labute approximate surface area is 104 Å². The van der Waals surface area contributed by atoms with E-state index in [1.807, 2.05) is 0 Å². The Morgan fingerprint density at radius 1 is 1.50 bits per heavy atom. The van der Waals surface area contributed by atoms with Gasteiger partial charge in [0.15, 0.2) is 0 Å². The number of nitro groups is 1. The van der Waals surface area contributed by atoms with Gasteiger partial charge in [-0.05, 0) is 34.9 Å². The molecule has 1 aliphatic rings. The fourth-order valence-electron chi connectivity index (χ4n) is 1.55. The molecule has 0 aromatic carbocycles.